The van der Waals surface area contributed by atoms with Gasteiger partial charge in [-0.15, -0.1) is 6.42 Å². The quantitative estimate of drug-likeness (QED) is 0.814. The molecule has 1 N–H and O–H groups in total. The van der Waals surface area contributed by atoms with Gasteiger partial charge in [0.05, 0.1) is 0 Å². The molecule has 4 heteroatoms. The van der Waals surface area contributed by atoms with E-state index in [1.165, 1.54) is 0 Å². The molecule has 2 rings (SSSR count). The molecule has 4 nitrogen and oxygen atoms in total. The molecule has 0 saturated heterocycles. The summed E-state index contributed by atoms with van der Waals surface area (Å²) in [5.41, 5.74) is 1.16. The van der Waals surface area contributed by atoms with E-state index in [4.69, 9.17) is 11.2 Å². The fraction of sp³-hybridized carbons (Fsp3) is 0.214. The fourth-order valence-corrected chi connectivity index (χ4v) is 1.53. The van der Waals surface area contributed by atoms with E-state index in [0.717, 1.165) is 23.7 Å². The first-order valence-electron chi connectivity index (χ1n) is 5.66. The molecule has 0 spiro atoms. The van der Waals surface area contributed by atoms with Gasteiger partial charge in [0, 0.05) is 25.9 Å². The standard InChI is InChI=1S/C14H15N3O/c1-3-10-18-13-6-4-12(5-7-13)11-15-14-8-9-17(2)16-14/h1,4-9H,10-11H2,2H3,(H,15,16). The summed E-state index contributed by atoms with van der Waals surface area (Å²) in [6.45, 7) is 1.03. The van der Waals surface area contributed by atoms with Gasteiger partial charge >= 0.3 is 0 Å². The number of hydrogen-bond acceptors (Lipinski definition) is 3. The van der Waals surface area contributed by atoms with Gasteiger partial charge < -0.3 is 10.1 Å². The van der Waals surface area contributed by atoms with Gasteiger partial charge in [-0.2, -0.15) is 5.10 Å². The molecular weight excluding hydrogens is 226 g/mol. The van der Waals surface area contributed by atoms with Crippen molar-refractivity contribution >= 4 is 5.82 Å². The van der Waals surface area contributed by atoms with Crippen LogP contribution in [-0.2, 0) is 13.6 Å². The van der Waals surface area contributed by atoms with E-state index < -0.39 is 0 Å². The van der Waals surface area contributed by atoms with Crippen LogP contribution in [-0.4, -0.2) is 16.4 Å². The Balaban J connectivity index is 1.88. The molecule has 1 heterocycles. The van der Waals surface area contributed by atoms with Crippen molar-refractivity contribution in [2.45, 2.75) is 6.54 Å². The van der Waals surface area contributed by atoms with E-state index in [2.05, 4.69) is 16.3 Å². The van der Waals surface area contributed by atoms with Crippen LogP contribution < -0.4 is 10.1 Å². The first kappa shape index (κ1) is 12.1. The zero-order valence-corrected chi connectivity index (χ0v) is 10.3. The summed E-state index contributed by atoms with van der Waals surface area (Å²) >= 11 is 0. The third-order valence-electron chi connectivity index (χ3n) is 2.43. The lowest BCUT2D eigenvalue weighted by Gasteiger charge is -2.05. The van der Waals surface area contributed by atoms with Gasteiger partial charge in [0.1, 0.15) is 18.2 Å². The Morgan fingerprint density at radius 1 is 1.33 bits per heavy atom. The van der Waals surface area contributed by atoms with Crippen LogP contribution >= 0.6 is 0 Å². The minimum atomic E-state index is 0.297. The molecule has 0 aliphatic carbocycles. The van der Waals surface area contributed by atoms with Crippen LogP contribution in [0.15, 0.2) is 36.5 Å². The second kappa shape index (κ2) is 5.78. The largest absolute Gasteiger partial charge is 0.481 e. The molecule has 0 saturated carbocycles. The molecule has 2 aromatic rings. The normalized spacial score (nSPS) is 9.78. The SMILES string of the molecule is C#CCOc1ccc(CNc2ccn(C)n2)cc1. The van der Waals surface area contributed by atoms with E-state index in [1.807, 2.05) is 43.6 Å². The van der Waals surface area contributed by atoms with Crippen molar-refractivity contribution in [3.8, 4) is 18.1 Å². The molecule has 0 unspecified atom stereocenters. The van der Waals surface area contributed by atoms with Crippen LogP contribution in [0, 0.1) is 12.3 Å². The number of aryl methyl sites for hydroxylation is 1. The maximum absolute atomic E-state index is 5.30. The summed E-state index contributed by atoms with van der Waals surface area (Å²) in [5.74, 6) is 4.09. The van der Waals surface area contributed by atoms with E-state index in [1.54, 1.807) is 4.68 Å². The van der Waals surface area contributed by atoms with Gasteiger partial charge in [0.2, 0.25) is 0 Å². The first-order valence-corrected chi connectivity index (χ1v) is 5.66. The van der Waals surface area contributed by atoms with Crippen LogP contribution in [0.3, 0.4) is 0 Å². The van der Waals surface area contributed by atoms with Crippen LogP contribution in [0.5, 0.6) is 5.75 Å². The molecule has 1 aromatic heterocycles. The molecule has 0 radical (unpaired) electrons. The highest BCUT2D eigenvalue weighted by molar-refractivity contribution is 5.35. The number of nitrogens with one attached hydrogen (secondary N) is 1. The van der Waals surface area contributed by atoms with Crippen molar-refractivity contribution in [1.29, 1.82) is 0 Å². The van der Waals surface area contributed by atoms with Gasteiger partial charge in [-0.05, 0) is 17.7 Å². The number of terminal acetylenes is 1. The van der Waals surface area contributed by atoms with Crippen molar-refractivity contribution in [2.24, 2.45) is 7.05 Å². The predicted molar refractivity (Wildman–Crippen MR) is 71.3 cm³/mol. The molecule has 18 heavy (non-hydrogen) atoms. The Morgan fingerprint density at radius 2 is 2.11 bits per heavy atom. The second-order valence-corrected chi connectivity index (χ2v) is 3.86. The van der Waals surface area contributed by atoms with Crippen molar-refractivity contribution in [1.82, 2.24) is 9.78 Å². The lowest BCUT2D eigenvalue weighted by atomic mass is 10.2. The molecule has 0 aliphatic rings. The summed E-state index contributed by atoms with van der Waals surface area (Å²) in [6.07, 6.45) is 7.03. The summed E-state index contributed by atoms with van der Waals surface area (Å²) in [6, 6.07) is 9.76. The summed E-state index contributed by atoms with van der Waals surface area (Å²) in [7, 11) is 1.89. The average molecular weight is 241 g/mol. The van der Waals surface area contributed by atoms with Gasteiger partial charge in [0.15, 0.2) is 0 Å². The van der Waals surface area contributed by atoms with E-state index in [-0.39, 0.29) is 0 Å². The van der Waals surface area contributed by atoms with Crippen molar-refractivity contribution < 1.29 is 4.74 Å². The Labute approximate surface area is 107 Å². The molecule has 0 fully saturated rings. The van der Waals surface area contributed by atoms with E-state index in [0.29, 0.717) is 6.61 Å². The number of anilines is 1. The van der Waals surface area contributed by atoms with Gasteiger partial charge in [-0.1, -0.05) is 18.1 Å². The van der Waals surface area contributed by atoms with E-state index >= 15 is 0 Å². The lowest BCUT2D eigenvalue weighted by Crippen LogP contribution is -2.01. The molecular formula is C14H15N3O. The second-order valence-electron chi connectivity index (χ2n) is 3.86. The predicted octanol–water partition coefficient (Wildman–Crippen LogP) is 2.04. The molecule has 92 valence electrons. The molecule has 1 aromatic carbocycles. The van der Waals surface area contributed by atoms with Crippen LogP contribution in [0.4, 0.5) is 5.82 Å². The lowest BCUT2D eigenvalue weighted by molar-refractivity contribution is 0.370. The number of ether oxygens (including phenoxy) is 1. The summed E-state index contributed by atoms with van der Waals surface area (Å²) in [4.78, 5) is 0. The van der Waals surface area contributed by atoms with Crippen molar-refractivity contribution in [3.63, 3.8) is 0 Å². The Bertz CT molecular complexity index is 537. The maximum Gasteiger partial charge on any atom is 0.148 e. The Hall–Kier alpha value is -2.41. The smallest absolute Gasteiger partial charge is 0.148 e. The Kier molecular flexibility index (Phi) is 3.87. The number of hydrogen-bond donors (Lipinski definition) is 1. The highest BCUT2D eigenvalue weighted by atomic mass is 16.5. The number of rotatable bonds is 5. The highest BCUT2D eigenvalue weighted by Gasteiger charge is 1.97. The van der Waals surface area contributed by atoms with E-state index in [9.17, 15) is 0 Å². The fourth-order valence-electron chi connectivity index (χ4n) is 1.53. The molecule has 0 atom stereocenters. The highest BCUT2D eigenvalue weighted by Crippen LogP contribution is 2.13. The number of aromatic nitrogens is 2. The first-order chi connectivity index (χ1) is 8.78. The zero-order chi connectivity index (χ0) is 12.8. The van der Waals surface area contributed by atoms with Crippen LogP contribution in [0.25, 0.3) is 0 Å². The van der Waals surface area contributed by atoms with Gasteiger partial charge in [0.25, 0.3) is 0 Å². The Morgan fingerprint density at radius 3 is 2.72 bits per heavy atom. The van der Waals surface area contributed by atoms with Crippen LogP contribution in [0.1, 0.15) is 5.56 Å². The maximum atomic E-state index is 5.30. The molecule has 0 aliphatic heterocycles. The molecule has 0 bridgehead atoms. The summed E-state index contributed by atoms with van der Waals surface area (Å²) in [5, 5.41) is 7.48. The topological polar surface area (TPSA) is 39.1 Å². The molecule has 0 amide bonds. The zero-order valence-electron chi connectivity index (χ0n) is 10.3. The van der Waals surface area contributed by atoms with Gasteiger partial charge in [-0.3, -0.25) is 4.68 Å². The number of benzene rings is 1. The third-order valence-corrected chi connectivity index (χ3v) is 2.43. The van der Waals surface area contributed by atoms with Crippen molar-refractivity contribution in [3.05, 3.63) is 42.1 Å². The third kappa shape index (κ3) is 3.29. The van der Waals surface area contributed by atoms with Gasteiger partial charge in [-0.25, -0.2) is 0 Å². The minimum Gasteiger partial charge on any atom is -0.481 e. The summed E-state index contributed by atoms with van der Waals surface area (Å²) < 4.78 is 7.07. The number of nitrogens with zero attached hydrogens (tertiary/aromatic N) is 2. The monoisotopic (exact) mass is 241 g/mol. The average Bonchev–Trinajstić information content (AvgIpc) is 2.81. The van der Waals surface area contributed by atoms with Crippen LogP contribution in [0.2, 0.25) is 0 Å². The minimum absolute atomic E-state index is 0.297. The van der Waals surface area contributed by atoms with Crippen molar-refractivity contribution in [2.75, 3.05) is 11.9 Å².